The standard InChI is InChI=1S/C19H20FN3O4S/c1-3-11-21-19(24)18-12(2)17-15(5-4-6-16(17)27-18)22-23-28(25,26)14-9-7-13(20)8-10-14/h3,7-10,23H,1,4-6,11H2,2H3,(H,21,24)/b22-15+. The maximum Gasteiger partial charge on any atom is 0.287 e. The van der Waals surface area contributed by atoms with E-state index >= 15 is 0 Å². The minimum atomic E-state index is -3.94. The van der Waals surface area contributed by atoms with Gasteiger partial charge in [0, 0.05) is 24.1 Å². The van der Waals surface area contributed by atoms with Crippen LogP contribution in [0.5, 0.6) is 0 Å². The van der Waals surface area contributed by atoms with Gasteiger partial charge < -0.3 is 9.73 Å². The van der Waals surface area contributed by atoms with E-state index in [1.165, 1.54) is 0 Å². The first kappa shape index (κ1) is 19.8. The van der Waals surface area contributed by atoms with Gasteiger partial charge in [-0.15, -0.1) is 6.58 Å². The molecule has 0 saturated carbocycles. The molecule has 1 aromatic carbocycles. The summed E-state index contributed by atoms with van der Waals surface area (Å²) in [4.78, 5) is 14.3. The molecule has 1 aliphatic rings. The van der Waals surface area contributed by atoms with E-state index in [1.54, 1.807) is 13.0 Å². The van der Waals surface area contributed by atoms with Gasteiger partial charge in [0.2, 0.25) is 0 Å². The number of carbonyl (C=O) groups excluding carboxylic acids is 1. The third-order valence-electron chi connectivity index (χ3n) is 4.36. The Balaban J connectivity index is 1.89. The van der Waals surface area contributed by atoms with E-state index in [4.69, 9.17) is 4.42 Å². The number of nitrogens with zero attached hydrogens (tertiary/aromatic N) is 1. The van der Waals surface area contributed by atoms with Crippen molar-refractivity contribution in [3.63, 3.8) is 0 Å². The van der Waals surface area contributed by atoms with E-state index in [1.807, 2.05) is 0 Å². The lowest BCUT2D eigenvalue weighted by molar-refractivity contribution is 0.0927. The van der Waals surface area contributed by atoms with Crippen LogP contribution < -0.4 is 10.1 Å². The SMILES string of the molecule is C=CCNC(=O)c1oc2c(c1C)/C(=N/NS(=O)(=O)c1ccc(F)cc1)CCC2. The molecule has 148 valence electrons. The van der Waals surface area contributed by atoms with E-state index in [0.29, 0.717) is 48.4 Å². The Hall–Kier alpha value is -2.94. The molecule has 2 aromatic rings. The van der Waals surface area contributed by atoms with Gasteiger partial charge in [-0.2, -0.15) is 18.4 Å². The number of sulfonamides is 1. The van der Waals surface area contributed by atoms with Crippen LogP contribution in [-0.4, -0.2) is 26.6 Å². The van der Waals surface area contributed by atoms with Gasteiger partial charge in [-0.1, -0.05) is 6.08 Å². The molecule has 1 aromatic heterocycles. The fourth-order valence-corrected chi connectivity index (χ4v) is 3.85. The molecule has 9 heteroatoms. The number of furan rings is 1. The van der Waals surface area contributed by atoms with Gasteiger partial charge in [-0.25, -0.2) is 4.39 Å². The summed E-state index contributed by atoms with van der Waals surface area (Å²) in [5.41, 5.74) is 1.75. The van der Waals surface area contributed by atoms with Crippen molar-refractivity contribution in [3.8, 4) is 0 Å². The van der Waals surface area contributed by atoms with Gasteiger partial charge in [0.1, 0.15) is 11.6 Å². The molecule has 0 aliphatic heterocycles. The number of fused-ring (bicyclic) bond motifs is 1. The first-order valence-electron chi connectivity index (χ1n) is 8.69. The topological polar surface area (TPSA) is 101 Å². The van der Waals surface area contributed by atoms with E-state index in [-0.39, 0.29) is 16.6 Å². The Morgan fingerprint density at radius 2 is 2.04 bits per heavy atom. The van der Waals surface area contributed by atoms with Crippen LogP contribution in [0.1, 0.15) is 40.3 Å². The predicted octanol–water partition coefficient (Wildman–Crippen LogP) is 2.66. The van der Waals surface area contributed by atoms with Gasteiger partial charge in [0.25, 0.3) is 15.9 Å². The fourth-order valence-electron chi connectivity index (χ4n) is 3.02. The second-order valence-corrected chi connectivity index (χ2v) is 7.97. The van der Waals surface area contributed by atoms with Crippen LogP contribution in [0.3, 0.4) is 0 Å². The Labute approximate surface area is 162 Å². The van der Waals surface area contributed by atoms with E-state index in [0.717, 1.165) is 24.3 Å². The van der Waals surface area contributed by atoms with Crippen LogP contribution in [0.15, 0.2) is 51.3 Å². The van der Waals surface area contributed by atoms with Crippen LogP contribution in [0.2, 0.25) is 0 Å². The predicted molar refractivity (Wildman–Crippen MR) is 102 cm³/mol. The van der Waals surface area contributed by atoms with Crippen LogP contribution in [0.25, 0.3) is 0 Å². The van der Waals surface area contributed by atoms with Gasteiger partial charge in [0.05, 0.1) is 10.6 Å². The number of aryl methyl sites for hydroxylation is 1. The molecule has 3 rings (SSSR count). The number of carbonyl (C=O) groups is 1. The van der Waals surface area contributed by atoms with Crippen molar-refractivity contribution >= 4 is 21.6 Å². The molecule has 1 heterocycles. The Morgan fingerprint density at radius 3 is 2.71 bits per heavy atom. The molecule has 0 unspecified atom stereocenters. The summed E-state index contributed by atoms with van der Waals surface area (Å²) in [6.45, 7) is 5.60. The van der Waals surface area contributed by atoms with Crippen molar-refractivity contribution in [1.29, 1.82) is 0 Å². The van der Waals surface area contributed by atoms with E-state index < -0.39 is 15.8 Å². The van der Waals surface area contributed by atoms with Crippen LogP contribution >= 0.6 is 0 Å². The number of hydrogen-bond donors (Lipinski definition) is 2. The molecule has 0 bridgehead atoms. The average Bonchev–Trinajstić information content (AvgIpc) is 3.02. The molecule has 2 N–H and O–H groups in total. The van der Waals surface area contributed by atoms with E-state index in [9.17, 15) is 17.6 Å². The highest BCUT2D eigenvalue weighted by Gasteiger charge is 2.28. The summed E-state index contributed by atoms with van der Waals surface area (Å²) in [7, 11) is -3.94. The zero-order chi connectivity index (χ0) is 20.3. The Kier molecular flexibility index (Phi) is 5.64. The quantitative estimate of drug-likeness (QED) is 0.570. The normalized spacial score (nSPS) is 15.1. The molecular weight excluding hydrogens is 385 g/mol. The molecular formula is C19H20FN3O4S. The van der Waals surface area contributed by atoms with Gasteiger partial charge >= 0.3 is 0 Å². The molecule has 0 spiro atoms. The molecule has 0 atom stereocenters. The molecule has 0 radical (unpaired) electrons. The number of rotatable bonds is 6. The second kappa shape index (κ2) is 7.97. The van der Waals surface area contributed by atoms with Gasteiger partial charge in [-0.3, -0.25) is 4.79 Å². The largest absolute Gasteiger partial charge is 0.455 e. The number of halogens is 1. The van der Waals surface area contributed by atoms with Crippen LogP contribution in [0.4, 0.5) is 4.39 Å². The first-order chi connectivity index (χ1) is 13.3. The lowest BCUT2D eigenvalue weighted by Gasteiger charge is -2.14. The fraction of sp³-hybridized carbons (Fsp3) is 0.263. The summed E-state index contributed by atoms with van der Waals surface area (Å²) in [5, 5.41) is 6.73. The van der Waals surface area contributed by atoms with Gasteiger partial charge in [-0.05, 0) is 44.0 Å². The maximum absolute atomic E-state index is 13.0. The molecule has 0 fully saturated rings. The van der Waals surface area contributed by atoms with Crippen molar-refractivity contribution in [2.75, 3.05) is 6.54 Å². The Morgan fingerprint density at radius 1 is 1.32 bits per heavy atom. The molecule has 1 amide bonds. The minimum absolute atomic E-state index is 0.0947. The van der Waals surface area contributed by atoms with Crippen molar-refractivity contribution < 1.29 is 22.0 Å². The Bertz CT molecular complexity index is 1040. The number of benzene rings is 1. The monoisotopic (exact) mass is 405 g/mol. The van der Waals surface area contributed by atoms with Crippen LogP contribution in [0, 0.1) is 12.7 Å². The molecule has 7 nitrogen and oxygen atoms in total. The summed E-state index contributed by atoms with van der Waals surface area (Å²) in [6.07, 6.45) is 3.44. The molecule has 28 heavy (non-hydrogen) atoms. The highest BCUT2D eigenvalue weighted by atomic mass is 32.2. The summed E-state index contributed by atoms with van der Waals surface area (Å²) >= 11 is 0. The van der Waals surface area contributed by atoms with E-state index in [2.05, 4.69) is 21.8 Å². The number of nitrogens with one attached hydrogen (secondary N) is 2. The maximum atomic E-state index is 13.0. The van der Waals surface area contributed by atoms with Crippen molar-refractivity contribution in [2.45, 2.75) is 31.1 Å². The third kappa shape index (κ3) is 3.99. The number of hydrogen-bond acceptors (Lipinski definition) is 5. The third-order valence-corrected chi connectivity index (χ3v) is 5.59. The zero-order valence-corrected chi connectivity index (χ0v) is 16.1. The summed E-state index contributed by atoms with van der Waals surface area (Å²) in [5.74, 6) is -0.105. The summed E-state index contributed by atoms with van der Waals surface area (Å²) < 4.78 is 43.5. The highest BCUT2D eigenvalue weighted by molar-refractivity contribution is 7.89. The second-order valence-electron chi connectivity index (χ2n) is 6.31. The average molecular weight is 405 g/mol. The number of amides is 1. The first-order valence-corrected chi connectivity index (χ1v) is 10.2. The lowest BCUT2D eigenvalue weighted by atomic mass is 9.93. The van der Waals surface area contributed by atoms with Crippen molar-refractivity contribution in [1.82, 2.24) is 10.1 Å². The minimum Gasteiger partial charge on any atom is -0.455 e. The van der Waals surface area contributed by atoms with Gasteiger partial charge in [0.15, 0.2) is 5.76 Å². The van der Waals surface area contributed by atoms with Crippen molar-refractivity contribution in [2.24, 2.45) is 5.10 Å². The zero-order valence-electron chi connectivity index (χ0n) is 15.3. The summed E-state index contributed by atoms with van der Waals surface area (Å²) in [6, 6.07) is 4.45. The smallest absolute Gasteiger partial charge is 0.287 e. The highest BCUT2D eigenvalue weighted by Crippen LogP contribution is 2.30. The number of hydrazone groups is 1. The molecule has 0 saturated heterocycles. The van der Waals surface area contributed by atoms with Crippen molar-refractivity contribution in [3.05, 3.63) is 65.4 Å². The van der Waals surface area contributed by atoms with Crippen LogP contribution in [-0.2, 0) is 16.4 Å². The molecule has 1 aliphatic carbocycles. The lowest BCUT2D eigenvalue weighted by Crippen LogP contribution is -2.24.